The van der Waals surface area contributed by atoms with E-state index in [1.165, 1.54) is 6.08 Å². The molecule has 0 amide bonds. The summed E-state index contributed by atoms with van der Waals surface area (Å²) in [6, 6.07) is 7.64. The summed E-state index contributed by atoms with van der Waals surface area (Å²) < 4.78 is 4.97. The summed E-state index contributed by atoms with van der Waals surface area (Å²) in [6.45, 7) is 1.64. The fraction of sp³-hybridized carbons (Fsp3) is 0.294. The van der Waals surface area contributed by atoms with E-state index in [9.17, 15) is 14.7 Å². The molecule has 116 valence electrons. The molecule has 0 bridgehead atoms. The van der Waals surface area contributed by atoms with Crippen LogP contribution in [-0.4, -0.2) is 37.1 Å². The SMILES string of the molecule is CC1CC(=O)/C(=C(O)/C=C/c2ccc(N(C)C)cc2)C(=O)O1. The number of hydrogen-bond donors (Lipinski definition) is 1. The van der Waals surface area contributed by atoms with Gasteiger partial charge in [-0.25, -0.2) is 4.79 Å². The highest BCUT2D eigenvalue weighted by Crippen LogP contribution is 2.20. The largest absolute Gasteiger partial charge is 0.507 e. The summed E-state index contributed by atoms with van der Waals surface area (Å²) in [5.74, 6) is -1.53. The normalized spacial score (nSPS) is 21.0. The second-order valence-electron chi connectivity index (χ2n) is 5.42. The first-order valence-electron chi connectivity index (χ1n) is 7.01. The van der Waals surface area contributed by atoms with E-state index in [1.807, 2.05) is 43.3 Å². The Kier molecular flexibility index (Phi) is 4.65. The lowest BCUT2D eigenvalue weighted by Gasteiger charge is -2.19. The van der Waals surface area contributed by atoms with Crippen LogP contribution in [0.4, 0.5) is 5.69 Å². The number of carbonyl (C=O) groups is 2. The number of aliphatic hydroxyl groups is 1. The minimum Gasteiger partial charge on any atom is -0.507 e. The molecule has 1 unspecified atom stereocenters. The van der Waals surface area contributed by atoms with E-state index < -0.39 is 17.9 Å². The fourth-order valence-corrected chi connectivity index (χ4v) is 2.15. The van der Waals surface area contributed by atoms with Crippen molar-refractivity contribution in [1.82, 2.24) is 0 Å². The number of ketones is 1. The zero-order chi connectivity index (χ0) is 16.3. The van der Waals surface area contributed by atoms with Crippen molar-refractivity contribution in [3.8, 4) is 0 Å². The number of ether oxygens (including phenoxy) is 1. The molecule has 1 aliphatic rings. The monoisotopic (exact) mass is 301 g/mol. The topological polar surface area (TPSA) is 66.8 Å². The molecule has 1 atom stereocenters. The van der Waals surface area contributed by atoms with Gasteiger partial charge in [-0.1, -0.05) is 18.2 Å². The van der Waals surface area contributed by atoms with Gasteiger partial charge in [-0.15, -0.1) is 0 Å². The van der Waals surface area contributed by atoms with E-state index in [0.29, 0.717) is 0 Å². The standard InChI is InChI=1S/C17H19NO4/c1-11-10-15(20)16(17(21)22-11)14(19)9-6-12-4-7-13(8-5-12)18(2)3/h4-9,11,19H,10H2,1-3H3/b9-6+,16-14+. The molecule has 0 saturated carbocycles. The van der Waals surface area contributed by atoms with Gasteiger partial charge in [-0.2, -0.15) is 0 Å². The van der Waals surface area contributed by atoms with Crippen LogP contribution in [0.3, 0.4) is 0 Å². The third-order valence-corrected chi connectivity index (χ3v) is 3.36. The molecule has 5 heteroatoms. The molecule has 1 aromatic rings. The first kappa shape index (κ1) is 15.8. The van der Waals surface area contributed by atoms with Crippen molar-refractivity contribution in [2.75, 3.05) is 19.0 Å². The predicted octanol–water partition coefficient (Wildman–Crippen LogP) is 2.48. The van der Waals surface area contributed by atoms with Crippen LogP contribution in [0, 0.1) is 0 Å². The average molecular weight is 301 g/mol. The summed E-state index contributed by atoms with van der Waals surface area (Å²) >= 11 is 0. The number of aliphatic hydroxyl groups excluding tert-OH is 1. The van der Waals surface area contributed by atoms with Crippen LogP contribution in [0.15, 0.2) is 41.7 Å². The van der Waals surface area contributed by atoms with E-state index in [1.54, 1.807) is 13.0 Å². The van der Waals surface area contributed by atoms with Crippen molar-refractivity contribution in [1.29, 1.82) is 0 Å². The van der Waals surface area contributed by atoms with Gasteiger partial charge >= 0.3 is 5.97 Å². The number of anilines is 1. The van der Waals surface area contributed by atoms with Crippen molar-refractivity contribution in [2.45, 2.75) is 19.4 Å². The number of esters is 1. The fourth-order valence-electron chi connectivity index (χ4n) is 2.15. The van der Waals surface area contributed by atoms with Gasteiger partial charge in [-0.3, -0.25) is 4.79 Å². The highest BCUT2D eigenvalue weighted by molar-refractivity contribution is 6.19. The molecule has 1 N–H and O–H groups in total. The van der Waals surface area contributed by atoms with Gasteiger partial charge in [0, 0.05) is 26.2 Å². The Bertz CT molecular complexity index is 621. The van der Waals surface area contributed by atoms with Crippen LogP contribution >= 0.6 is 0 Å². The van der Waals surface area contributed by atoms with E-state index in [-0.39, 0.29) is 17.8 Å². The zero-order valence-corrected chi connectivity index (χ0v) is 12.9. The van der Waals surface area contributed by atoms with Crippen molar-refractivity contribution in [3.63, 3.8) is 0 Å². The Hall–Kier alpha value is -2.56. The lowest BCUT2D eigenvalue weighted by Crippen LogP contribution is -2.31. The van der Waals surface area contributed by atoms with Crippen LogP contribution < -0.4 is 4.90 Å². The second-order valence-corrected chi connectivity index (χ2v) is 5.42. The van der Waals surface area contributed by atoms with Crippen LogP contribution in [-0.2, 0) is 14.3 Å². The van der Waals surface area contributed by atoms with E-state index in [4.69, 9.17) is 4.74 Å². The molecule has 22 heavy (non-hydrogen) atoms. The van der Waals surface area contributed by atoms with Crippen molar-refractivity contribution in [3.05, 3.63) is 47.2 Å². The van der Waals surface area contributed by atoms with Gasteiger partial charge in [0.05, 0.1) is 0 Å². The average Bonchev–Trinajstić information content (AvgIpc) is 2.44. The third-order valence-electron chi connectivity index (χ3n) is 3.36. The Labute approximate surface area is 129 Å². The summed E-state index contributed by atoms with van der Waals surface area (Å²) in [4.78, 5) is 25.5. The maximum atomic E-state index is 11.8. The van der Waals surface area contributed by atoms with Crippen molar-refractivity contribution in [2.24, 2.45) is 0 Å². The lowest BCUT2D eigenvalue weighted by molar-refractivity contribution is -0.150. The van der Waals surface area contributed by atoms with E-state index in [0.717, 1.165) is 11.3 Å². The number of Topliss-reactive ketones (excluding diaryl/α,β-unsaturated/α-hetero) is 1. The number of hydrogen-bond acceptors (Lipinski definition) is 5. The first-order chi connectivity index (χ1) is 10.4. The van der Waals surface area contributed by atoms with Crippen molar-refractivity contribution >= 4 is 23.5 Å². The molecule has 1 heterocycles. The molecule has 0 radical (unpaired) electrons. The minimum atomic E-state index is -0.770. The van der Waals surface area contributed by atoms with Gasteiger partial charge in [-0.05, 0) is 30.7 Å². The molecule has 5 nitrogen and oxygen atoms in total. The van der Waals surface area contributed by atoms with Gasteiger partial charge < -0.3 is 14.7 Å². The molecule has 0 aromatic heterocycles. The Morgan fingerprint density at radius 2 is 1.91 bits per heavy atom. The highest BCUT2D eigenvalue weighted by Gasteiger charge is 2.32. The summed E-state index contributed by atoms with van der Waals surface area (Å²) in [5.41, 5.74) is 1.63. The Balaban J connectivity index is 2.19. The van der Waals surface area contributed by atoms with Crippen LogP contribution in [0.1, 0.15) is 18.9 Å². The summed E-state index contributed by atoms with van der Waals surface area (Å²) in [6.07, 6.45) is 2.63. The third kappa shape index (κ3) is 3.55. The number of rotatable bonds is 3. The quantitative estimate of drug-likeness (QED) is 0.402. The maximum absolute atomic E-state index is 11.8. The molecule has 1 saturated heterocycles. The summed E-state index contributed by atoms with van der Waals surface area (Å²) in [5, 5.41) is 9.97. The molecule has 2 rings (SSSR count). The maximum Gasteiger partial charge on any atom is 0.345 e. The number of carbonyl (C=O) groups excluding carboxylic acids is 2. The lowest BCUT2D eigenvalue weighted by atomic mass is 10.0. The first-order valence-corrected chi connectivity index (χ1v) is 7.01. The zero-order valence-electron chi connectivity index (χ0n) is 12.9. The van der Waals surface area contributed by atoms with Gasteiger partial charge in [0.1, 0.15) is 17.4 Å². The Morgan fingerprint density at radius 1 is 1.27 bits per heavy atom. The number of allylic oxidation sites excluding steroid dienone is 1. The highest BCUT2D eigenvalue weighted by atomic mass is 16.5. The van der Waals surface area contributed by atoms with E-state index in [2.05, 4.69) is 0 Å². The number of cyclic esters (lactones) is 1. The molecular weight excluding hydrogens is 282 g/mol. The van der Waals surface area contributed by atoms with Gasteiger partial charge in [0.15, 0.2) is 5.78 Å². The van der Waals surface area contributed by atoms with Crippen LogP contribution in [0.2, 0.25) is 0 Å². The summed E-state index contributed by atoms with van der Waals surface area (Å²) in [7, 11) is 3.89. The van der Waals surface area contributed by atoms with Crippen LogP contribution in [0.25, 0.3) is 6.08 Å². The smallest absolute Gasteiger partial charge is 0.345 e. The molecule has 0 spiro atoms. The number of benzene rings is 1. The molecular formula is C17H19NO4. The van der Waals surface area contributed by atoms with E-state index >= 15 is 0 Å². The predicted molar refractivity (Wildman–Crippen MR) is 84.6 cm³/mol. The number of nitrogens with zero attached hydrogens (tertiary/aromatic N) is 1. The van der Waals surface area contributed by atoms with Gasteiger partial charge in [0.2, 0.25) is 0 Å². The van der Waals surface area contributed by atoms with Crippen LogP contribution in [0.5, 0.6) is 0 Å². The van der Waals surface area contributed by atoms with Crippen molar-refractivity contribution < 1.29 is 19.4 Å². The second kappa shape index (κ2) is 6.47. The molecule has 0 aliphatic carbocycles. The minimum absolute atomic E-state index is 0.0938. The molecule has 1 aliphatic heterocycles. The Morgan fingerprint density at radius 3 is 2.45 bits per heavy atom. The molecule has 1 aromatic carbocycles. The van der Waals surface area contributed by atoms with Gasteiger partial charge in [0.25, 0.3) is 0 Å². The molecule has 1 fully saturated rings.